The van der Waals surface area contributed by atoms with E-state index in [1.165, 1.54) is 0 Å². The molecule has 0 aliphatic rings. The Labute approximate surface area is 69.0 Å². The molecule has 0 aromatic rings. The van der Waals surface area contributed by atoms with Gasteiger partial charge in [-0.1, -0.05) is 6.92 Å². The van der Waals surface area contributed by atoms with Crippen LogP contribution in [-0.2, 0) is 14.4 Å². The summed E-state index contributed by atoms with van der Waals surface area (Å²) in [5.41, 5.74) is 0. The quantitative estimate of drug-likeness (QED) is 0.578. The summed E-state index contributed by atoms with van der Waals surface area (Å²) in [4.78, 5) is 31.0. The lowest BCUT2D eigenvalue weighted by molar-refractivity contribution is -0.152. The van der Waals surface area contributed by atoms with Gasteiger partial charge in [-0.3, -0.25) is 9.59 Å². The first kappa shape index (κ1) is 10.6. The average Bonchev–Trinajstić information content (AvgIpc) is 1.98. The maximum atomic E-state index is 10.7. The van der Waals surface area contributed by atoms with Gasteiger partial charge in [0.1, 0.15) is 0 Å². The fraction of sp³-hybridized carbons (Fsp3) is 0.571. The zero-order valence-electron chi connectivity index (χ0n) is 6.61. The molecule has 0 fully saturated rings. The number of ketones is 1. The van der Waals surface area contributed by atoms with Gasteiger partial charge in [0.15, 0.2) is 0 Å². The van der Waals surface area contributed by atoms with Crippen molar-refractivity contribution in [1.82, 2.24) is 0 Å². The van der Waals surface area contributed by atoms with Crippen LogP contribution in [0.3, 0.4) is 0 Å². The molecule has 0 radical (unpaired) electrons. The van der Waals surface area contributed by atoms with E-state index in [1.807, 2.05) is 0 Å². The van der Waals surface area contributed by atoms with Crippen molar-refractivity contribution in [1.29, 1.82) is 0 Å². The second-order valence-corrected chi connectivity index (χ2v) is 2.37. The molecule has 0 bridgehead atoms. The summed E-state index contributed by atoms with van der Waals surface area (Å²) < 4.78 is 0. The summed E-state index contributed by atoms with van der Waals surface area (Å²) in [5, 5.41) is 16.6. The standard InChI is InChI=1S/C7H10O5/c1-2-4(3-5(8)9)6(10)7(11)12/h4H,2-3H2,1H3,(H,8,9)(H,11,12)/t4-/m1/s1. The predicted molar refractivity (Wildman–Crippen MR) is 38.7 cm³/mol. The van der Waals surface area contributed by atoms with Gasteiger partial charge in [0, 0.05) is 5.92 Å². The molecule has 5 heteroatoms. The highest BCUT2D eigenvalue weighted by atomic mass is 16.4. The van der Waals surface area contributed by atoms with E-state index in [2.05, 4.69) is 0 Å². The number of hydrogen-bond donors (Lipinski definition) is 2. The van der Waals surface area contributed by atoms with E-state index in [-0.39, 0.29) is 6.42 Å². The summed E-state index contributed by atoms with van der Waals surface area (Å²) in [7, 11) is 0. The molecule has 2 N–H and O–H groups in total. The minimum Gasteiger partial charge on any atom is -0.481 e. The van der Waals surface area contributed by atoms with E-state index >= 15 is 0 Å². The second kappa shape index (κ2) is 4.48. The Morgan fingerprint density at radius 3 is 2.00 bits per heavy atom. The number of rotatable bonds is 5. The van der Waals surface area contributed by atoms with E-state index in [0.717, 1.165) is 0 Å². The SMILES string of the molecule is CC[C@H](CC(=O)O)C(=O)C(=O)O. The molecule has 0 unspecified atom stereocenters. The van der Waals surface area contributed by atoms with Crippen molar-refractivity contribution in [2.24, 2.45) is 5.92 Å². The maximum absolute atomic E-state index is 10.7. The molecule has 0 amide bonds. The van der Waals surface area contributed by atoms with Crippen LogP contribution in [0, 0.1) is 5.92 Å². The molecule has 0 aliphatic heterocycles. The van der Waals surface area contributed by atoms with Crippen LogP contribution < -0.4 is 0 Å². The van der Waals surface area contributed by atoms with Gasteiger partial charge in [0.25, 0.3) is 0 Å². The molecule has 0 rings (SSSR count). The first-order valence-electron chi connectivity index (χ1n) is 3.48. The molecular formula is C7H10O5. The van der Waals surface area contributed by atoms with E-state index < -0.39 is 30.1 Å². The number of carboxylic acids is 2. The van der Waals surface area contributed by atoms with Gasteiger partial charge in [0.2, 0.25) is 5.78 Å². The first-order valence-corrected chi connectivity index (χ1v) is 3.48. The smallest absolute Gasteiger partial charge is 0.372 e. The van der Waals surface area contributed by atoms with Crippen molar-refractivity contribution in [2.75, 3.05) is 0 Å². The fourth-order valence-electron chi connectivity index (χ4n) is 0.808. The van der Waals surface area contributed by atoms with Crippen LogP contribution in [0.15, 0.2) is 0 Å². The van der Waals surface area contributed by atoms with Crippen molar-refractivity contribution >= 4 is 17.7 Å². The number of carbonyl (C=O) groups is 3. The van der Waals surface area contributed by atoms with Gasteiger partial charge in [-0.25, -0.2) is 4.79 Å². The third-order valence-corrected chi connectivity index (χ3v) is 1.50. The largest absolute Gasteiger partial charge is 0.481 e. The van der Waals surface area contributed by atoms with Crippen LogP contribution in [0.25, 0.3) is 0 Å². The number of Topliss-reactive ketones (excluding diaryl/α,β-unsaturated/α-hetero) is 1. The van der Waals surface area contributed by atoms with Gasteiger partial charge >= 0.3 is 11.9 Å². The summed E-state index contributed by atoms with van der Waals surface area (Å²) in [6, 6.07) is 0. The van der Waals surface area contributed by atoms with Gasteiger partial charge in [-0.2, -0.15) is 0 Å². The number of carbonyl (C=O) groups excluding carboxylic acids is 1. The van der Waals surface area contributed by atoms with E-state index in [9.17, 15) is 14.4 Å². The van der Waals surface area contributed by atoms with Gasteiger partial charge in [-0.15, -0.1) is 0 Å². The second-order valence-electron chi connectivity index (χ2n) is 2.37. The molecule has 1 atom stereocenters. The molecule has 0 heterocycles. The molecule has 0 saturated heterocycles. The lowest BCUT2D eigenvalue weighted by Gasteiger charge is -2.06. The average molecular weight is 174 g/mol. The van der Waals surface area contributed by atoms with Gasteiger partial charge in [-0.05, 0) is 6.42 Å². The highest BCUT2D eigenvalue weighted by Crippen LogP contribution is 2.09. The normalized spacial score (nSPS) is 12.1. The van der Waals surface area contributed by atoms with E-state index in [1.54, 1.807) is 6.92 Å². The highest BCUT2D eigenvalue weighted by molar-refractivity contribution is 6.33. The Hall–Kier alpha value is -1.39. The van der Waals surface area contributed by atoms with Crippen molar-refractivity contribution < 1.29 is 24.6 Å². The van der Waals surface area contributed by atoms with E-state index in [0.29, 0.717) is 0 Å². The first-order chi connectivity index (χ1) is 5.49. The highest BCUT2D eigenvalue weighted by Gasteiger charge is 2.25. The summed E-state index contributed by atoms with van der Waals surface area (Å²) >= 11 is 0. The van der Waals surface area contributed by atoms with Crippen LogP contribution in [0.1, 0.15) is 19.8 Å². The van der Waals surface area contributed by atoms with Crippen molar-refractivity contribution in [3.8, 4) is 0 Å². The lowest BCUT2D eigenvalue weighted by atomic mass is 9.97. The zero-order valence-corrected chi connectivity index (χ0v) is 6.61. The predicted octanol–water partition coefficient (Wildman–Crippen LogP) is 0.141. The lowest BCUT2D eigenvalue weighted by Crippen LogP contribution is -2.24. The molecule has 0 aliphatic carbocycles. The summed E-state index contributed by atoms with van der Waals surface area (Å²) in [5.74, 6) is -4.65. The molecule has 12 heavy (non-hydrogen) atoms. The summed E-state index contributed by atoms with van der Waals surface area (Å²) in [6.07, 6.45) is -0.181. The topological polar surface area (TPSA) is 91.7 Å². The van der Waals surface area contributed by atoms with Gasteiger partial charge < -0.3 is 10.2 Å². The molecule has 68 valence electrons. The minimum atomic E-state index is -1.57. The summed E-state index contributed by atoms with van der Waals surface area (Å²) in [6.45, 7) is 1.58. The molecule has 0 aromatic heterocycles. The zero-order chi connectivity index (χ0) is 9.72. The molecule has 5 nitrogen and oxygen atoms in total. The Bertz CT molecular complexity index is 208. The number of aliphatic carboxylic acids is 2. The Balaban J connectivity index is 4.24. The maximum Gasteiger partial charge on any atom is 0.372 e. The number of carboxylic acid groups (broad SMARTS) is 2. The van der Waals surface area contributed by atoms with Crippen LogP contribution >= 0.6 is 0 Å². The van der Waals surface area contributed by atoms with Crippen molar-refractivity contribution in [3.63, 3.8) is 0 Å². The Kier molecular flexibility index (Phi) is 3.96. The Morgan fingerprint density at radius 1 is 1.25 bits per heavy atom. The number of hydrogen-bond acceptors (Lipinski definition) is 3. The van der Waals surface area contributed by atoms with Crippen molar-refractivity contribution in [2.45, 2.75) is 19.8 Å². The molecule has 0 saturated carbocycles. The monoisotopic (exact) mass is 174 g/mol. The van der Waals surface area contributed by atoms with Crippen LogP contribution in [0.4, 0.5) is 0 Å². The van der Waals surface area contributed by atoms with Crippen LogP contribution in [-0.4, -0.2) is 27.9 Å². The van der Waals surface area contributed by atoms with E-state index in [4.69, 9.17) is 10.2 Å². The third-order valence-electron chi connectivity index (χ3n) is 1.50. The van der Waals surface area contributed by atoms with Crippen LogP contribution in [0.2, 0.25) is 0 Å². The third kappa shape index (κ3) is 3.14. The van der Waals surface area contributed by atoms with Gasteiger partial charge in [0.05, 0.1) is 6.42 Å². The van der Waals surface area contributed by atoms with Crippen molar-refractivity contribution in [3.05, 3.63) is 0 Å². The molecule has 0 aromatic carbocycles. The molecular weight excluding hydrogens is 164 g/mol. The van der Waals surface area contributed by atoms with Crippen LogP contribution in [0.5, 0.6) is 0 Å². The fourth-order valence-corrected chi connectivity index (χ4v) is 0.808. The molecule has 0 spiro atoms. The minimum absolute atomic E-state index is 0.234. The Morgan fingerprint density at radius 2 is 1.75 bits per heavy atom.